The zero-order valence-corrected chi connectivity index (χ0v) is 5.42. The summed E-state index contributed by atoms with van der Waals surface area (Å²) in [4.78, 5) is 10.6. The predicted molar refractivity (Wildman–Crippen MR) is 31.2 cm³/mol. The first kappa shape index (κ1) is 6.07. The Bertz CT molecular complexity index is 248. The fourth-order valence-corrected chi connectivity index (χ4v) is 0.694. The molecule has 1 rings (SSSR count). The molecule has 0 bridgehead atoms. The minimum Gasteiger partial charge on any atom is -0.296 e. The summed E-state index contributed by atoms with van der Waals surface area (Å²) in [5.74, 6) is 0.248. The Morgan fingerprint density at radius 1 is 1.78 bits per heavy atom. The molecule has 0 aliphatic rings. The number of nitrogens with zero attached hydrogens (tertiary/aromatic N) is 2. The van der Waals surface area contributed by atoms with E-state index in [0.29, 0.717) is 12.4 Å². The van der Waals surface area contributed by atoms with E-state index in [-0.39, 0.29) is 5.76 Å². The van der Waals surface area contributed by atoms with E-state index in [1.54, 1.807) is 6.92 Å². The van der Waals surface area contributed by atoms with Crippen molar-refractivity contribution < 1.29 is 4.52 Å². The van der Waals surface area contributed by atoms with Crippen LogP contribution in [0.2, 0.25) is 0 Å². The molecule has 0 radical (unpaired) electrons. The van der Waals surface area contributed by atoms with E-state index >= 15 is 0 Å². The van der Waals surface area contributed by atoms with Crippen LogP contribution in [-0.4, -0.2) is 9.72 Å². The summed E-state index contributed by atoms with van der Waals surface area (Å²) in [5, 5.41) is 3.46. The Kier molecular flexibility index (Phi) is 1.38. The van der Waals surface area contributed by atoms with Gasteiger partial charge in [-0.25, -0.2) is 4.79 Å². The number of aryl methyl sites for hydroxylation is 1. The Hall–Kier alpha value is -1.06. The molecule has 0 fully saturated rings. The molecule has 0 amide bonds. The average molecular weight is 128 g/mol. The summed E-state index contributed by atoms with van der Waals surface area (Å²) in [6, 6.07) is 0. The van der Waals surface area contributed by atoms with Crippen LogP contribution in [0.1, 0.15) is 12.7 Å². The van der Waals surface area contributed by atoms with Gasteiger partial charge in [0.05, 0.1) is 0 Å². The normalized spacial score (nSPS) is 10.0. The lowest BCUT2D eigenvalue weighted by atomic mass is 10.6. The molecule has 4 nitrogen and oxygen atoms in total. The third-order valence-corrected chi connectivity index (χ3v) is 1.18. The standard InChI is InChI=1S/C5H8N2O2/c1-3-7-4(2)6-9-5(7)8/h3H2,1-2H3. The van der Waals surface area contributed by atoms with Crippen molar-refractivity contribution in [2.75, 3.05) is 0 Å². The van der Waals surface area contributed by atoms with Gasteiger partial charge < -0.3 is 0 Å². The summed E-state index contributed by atoms with van der Waals surface area (Å²) in [6.45, 7) is 4.22. The molecule has 0 atom stereocenters. The van der Waals surface area contributed by atoms with Crippen LogP contribution in [0.25, 0.3) is 0 Å². The lowest BCUT2D eigenvalue weighted by Crippen LogP contribution is -2.13. The zero-order chi connectivity index (χ0) is 6.85. The van der Waals surface area contributed by atoms with E-state index in [2.05, 4.69) is 9.68 Å². The summed E-state index contributed by atoms with van der Waals surface area (Å²) in [7, 11) is 0. The van der Waals surface area contributed by atoms with Gasteiger partial charge in [-0.05, 0) is 13.8 Å². The average Bonchev–Trinajstić information content (AvgIpc) is 2.12. The fraction of sp³-hybridized carbons (Fsp3) is 0.600. The summed E-state index contributed by atoms with van der Waals surface area (Å²) in [5.41, 5.74) is 0. The van der Waals surface area contributed by atoms with E-state index in [1.165, 1.54) is 4.57 Å². The van der Waals surface area contributed by atoms with Gasteiger partial charge in [0.25, 0.3) is 0 Å². The largest absolute Gasteiger partial charge is 0.441 e. The molecule has 1 heterocycles. The van der Waals surface area contributed by atoms with Crippen LogP contribution in [0.5, 0.6) is 0 Å². The third-order valence-electron chi connectivity index (χ3n) is 1.18. The van der Waals surface area contributed by atoms with E-state index in [0.717, 1.165) is 0 Å². The molecule has 0 aromatic carbocycles. The Morgan fingerprint density at radius 2 is 2.44 bits per heavy atom. The molecule has 0 saturated carbocycles. The first-order valence-corrected chi connectivity index (χ1v) is 2.78. The monoisotopic (exact) mass is 128 g/mol. The summed E-state index contributed by atoms with van der Waals surface area (Å²) in [6.07, 6.45) is 0. The molecular weight excluding hydrogens is 120 g/mol. The fourth-order valence-electron chi connectivity index (χ4n) is 0.694. The van der Waals surface area contributed by atoms with Crippen molar-refractivity contribution in [1.29, 1.82) is 0 Å². The minimum atomic E-state index is -0.380. The molecular formula is C5H8N2O2. The van der Waals surface area contributed by atoms with Crippen molar-refractivity contribution in [2.45, 2.75) is 20.4 Å². The Balaban J connectivity index is 3.23. The molecule has 0 aliphatic carbocycles. The SMILES string of the molecule is CCn1c(C)noc1=O. The highest BCUT2D eigenvalue weighted by Crippen LogP contribution is 1.85. The van der Waals surface area contributed by atoms with Crippen LogP contribution in [-0.2, 0) is 6.54 Å². The van der Waals surface area contributed by atoms with Crippen LogP contribution in [0.15, 0.2) is 9.32 Å². The van der Waals surface area contributed by atoms with Crippen LogP contribution in [0.4, 0.5) is 0 Å². The number of rotatable bonds is 1. The van der Waals surface area contributed by atoms with E-state index in [9.17, 15) is 4.79 Å². The van der Waals surface area contributed by atoms with Gasteiger partial charge in [0, 0.05) is 6.54 Å². The third kappa shape index (κ3) is 0.872. The summed E-state index contributed by atoms with van der Waals surface area (Å²) < 4.78 is 5.80. The topological polar surface area (TPSA) is 48.0 Å². The van der Waals surface area contributed by atoms with Crippen molar-refractivity contribution in [1.82, 2.24) is 9.72 Å². The van der Waals surface area contributed by atoms with Gasteiger partial charge in [-0.2, -0.15) is 0 Å². The van der Waals surface area contributed by atoms with Gasteiger partial charge in [-0.1, -0.05) is 5.16 Å². The molecule has 50 valence electrons. The molecule has 4 heteroatoms. The van der Waals surface area contributed by atoms with Crippen molar-refractivity contribution in [3.8, 4) is 0 Å². The van der Waals surface area contributed by atoms with Gasteiger partial charge in [-0.3, -0.25) is 9.09 Å². The predicted octanol–water partition coefficient (Wildman–Crippen LogP) is 0.165. The first-order chi connectivity index (χ1) is 4.25. The molecule has 0 N–H and O–H groups in total. The zero-order valence-electron chi connectivity index (χ0n) is 5.42. The van der Waals surface area contributed by atoms with E-state index < -0.39 is 0 Å². The molecule has 1 aromatic heterocycles. The van der Waals surface area contributed by atoms with Crippen LogP contribution < -0.4 is 5.76 Å². The van der Waals surface area contributed by atoms with Crippen LogP contribution >= 0.6 is 0 Å². The summed E-state index contributed by atoms with van der Waals surface area (Å²) >= 11 is 0. The van der Waals surface area contributed by atoms with Crippen molar-refractivity contribution in [2.24, 2.45) is 0 Å². The van der Waals surface area contributed by atoms with Gasteiger partial charge in [0.1, 0.15) is 0 Å². The lowest BCUT2D eigenvalue weighted by Gasteiger charge is -1.89. The van der Waals surface area contributed by atoms with Gasteiger partial charge in [0.2, 0.25) is 0 Å². The first-order valence-electron chi connectivity index (χ1n) is 2.78. The molecule has 1 aromatic rings. The van der Waals surface area contributed by atoms with Crippen LogP contribution in [0, 0.1) is 6.92 Å². The van der Waals surface area contributed by atoms with Gasteiger partial charge in [-0.15, -0.1) is 0 Å². The second kappa shape index (κ2) is 2.05. The lowest BCUT2D eigenvalue weighted by molar-refractivity contribution is 0.375. The maximum atomic E-state index is 10.6. The van der Waals surface area contributed by atoms with E-state index in [4.69, 9.17) is 0 Å². The van der Waals surface area contributed by atoms with Crippen molar-refractivity contribution >= 4 is 0 Å². The smallest absolute Gasteiger partial charge is 0.296 e. The maximum absolute atomic E-state index is 10.6. The van der Waals surface area contributed by atoms with E-state index in [1.807, 2.05) is 6.92 Å². The number of aromatic nitrogens is 2. The van der Waals surface area contributed by atoms with Gasteiger partial charge >= 0.3 is 5.76 Å². The minimum absolute atomic E-state index is 0.380. The highest BCUT2D eigenvalue weighted by molar-refractivity contribution is 4.76. The second-order valence-electron chi connectivity index (χ2n) is 1.74. The van der Waals surface area contributed by atoms with Crippen LogP contribution in [0.3, 0.4) is 0 Å². The van der Waals surface area contributed by atoms with Crippen molar-refractivity contribution in [3.63, 3.8) is 0 Å². The number of hydrogen-bond donors (Lipinski definition) is 0. The van der Waals surface area contributed by atoms with Gasteiger partial charge in [0.15, 0.2) is 5.82 Å². The highest BCUT2D eigenvalue weighted by Gasteiger charge is 2.00. The molecule has 0 unspecified atom stereocenters. The molecule has 0 aliphatic heterocycles. The molecule has 9 heavy (non-hydrogen) atoms. The quantitative estimate of drug-likeness (QED) is 0.541. The molecule has 0 saturated heterocycles. The second-order valence-corrected chi connectivity index (χ2v) is 1.74. The number of hydrogen-bond acceptors (Lipinski definition) is 3. The van der Waals surface area contributed by atoms with Crippen molar-refractivity contribution in [3.05, 3.63) is 16.4 Å². The highest BCUT2D eigenvalue weighted by atomic mass is 16.5. The maximum Gasteiger partial charge on any atom is 0.441 e. The molecule has 0 spiro atoms. The Morgan fingerprint density at radius 3 is 2.67 bits per heavy atom. The Labute approximate surface area is 52.1 Å².